The molecule has 0 aromatic carbocycles. The number of rotatable bonds is 1. The molecule has 11 rings (SSSR count). The maximum absolute atomic E-state index is 2.79. The van der Waals surface area contributed by atoms with E-state index in [0.29, 0.717) is 0 Å². The first-order chi connectivity index (χ1) is 8.06. The van der Waals surface area contributed by atoms with Gasteiger partial charge < -0.3 is 0 Å². The van der Waals surface area contributed by atoms with E-state index in [9.17, 15) is 0 Å². The van der Waals surface area contributed by atoms with E-state index in [1.807, 2.05) is 9.45 Å². The molecule has 1 spiro atoms. The fourth-order valence-corrected chi connectivity index (χ4v) is 92.8. The summed E-state index contributed by atoms with van der Waals surface area (Å²) in [6, 6.07) is 0. The van der Waals surface area contributed by atoms with Crippen LogP contribution in [0.25, 0.3) is 0 Å². The summed E-state index contributed by atoms with van der Waals surface area (Å²) < 4.78 is 2.86. The summed E-state index contributed by atoms with van der Waals surface area (Å²) in [7, 11) is 0. The SMILES string of the molecule is [Ti][C]1=C([C]23[CH]4[CH]5[CH]6[CH]2[Fe]56432789[CH]3[CH]2[CH]7[CH]8[CH]39)C=CC1. The fraction of sp³-hybridized carbons (Fsp3) is 0.733. The minimum absolute atomic E-state index is 1.04. The zero-order valence-electron chi connectivity index (χ0n) is 9.41. The van der Waals surface area contributed by atoms with Crippen LogP contribution in [0.4, 0.5) is 0 Å². The van der Waals surface area contributed by atoms with Crippen LogP contribution in [0.5, 0.6) is 0 Å². The zero-order valence-corrected chi connectivity index (χ0v) is 12.1. The van der Waals surface area contributed by atoms with Gasteiger partial charge in [-0.25, -0.2) is 0 Å². The Morgan fingerprint density at radius 1 is 1.00 bits per heavy atom. The van der Waals surface area contributed by atoms with Crippen LogP contribution < -0.4 is 0 Å². The van der Waals surface area contributed by atoms with E-state index in [1.54, 1.807) is 0 Å². The Kier molecular flexibility index (Phi) is 0.203. The molecule has 11 aliphatic rings. The Morgan fingerprint density at radius 2 is 1.59 bits per heavy atom. The van der Waals surface area contributed by atoms with Crippen LogP contribution in [0.2, 0.25) is 47.7 Å². The Bertz CT molecular complexity index is 1010. The molecule has 0 aromatic heterocycles. The molecule has 0 nitrogen and oxygen atoms in total. The molecule has 1 aliphatic carbocycles. The van der Waals surface area contributed by atoms with Gasteiger partial charge in [-0.05, 0) is 0 Å². The molecule has 10 saturated heterocycles. The second kappa shape index (κ2) is 0.536. The van der Waals surface area contributed by atoms with Gasteiger partial charge in [-0.15, -0.1) is 0 Å². The van der Waals surface area contributed by atoms with Gasteiger partial charge in [0.2, 0.25) is 0 Å². The summed E-state index contributed by atoms with van der Waals surface area (Å²) in [5.41, 5.74) is 2.00. The first kappa shape index (κ1) is 6.44. The number of hydrogen-bond donors (Lipinski definition) is 0. The average Bonchev–Trinajstić information content (AvgIpc) is 3.24. The summed E-state index contributed by atoms with van der Waals surface area (Å²) in [5, 5.41) is 0. The van der Waals surface area contributed by atoms with Crippen LogP contribution in [0.3, 0.4) is 0 Å². The quantitative estimate of drug-likeness (QED) is 0.625. The second-order valence-electron chi connectivity index (χ2n) is 11.2. The van der Waals surface area contributed by atoms with Gasteiger partial charge >= 0.3 is 103 Å². The molecule has 0 radical (unpaired) electrons. The van der Waals surface area contributed by atoms with E-state index >= 15 is 0 Å². The number of fused-ring (bicyclic) bond motifs is 10. The Morgan fingerprint density at radius 3 is 1.88 bits per heavy atom. The van der Waals surface area contributed by atoms with Crippen molar-refractivity contribution in [2.75, 3.05) is 0 Å². The second-order valence-corrected chi connectivity index (χ2v) is 35.7. The van der Waals surface area contributed by atoms with E-state index < -0.39 is 6.51 Å². The van der Waals surface area contributed by atoms with E-state index in [2.05, 4.69) is 32.6 Å². The number of allylic oxidation sites excluding steroid dienone is 4. The van der Waals surface area contributed by atoms with Crippen LogP contribution in [0.15, 0.2) is 21.6 Å². The fourth-order valence-electron chi connectivity index (χ4n) is 17.8. The molecule has 2 heteroatoms. The normalized spacial score (nSPS) is 123. The van der Waals surface area contributed by atoms with Crippen molar-refractivity contribution in [3.05, 3.63) is 21.6 Å². The van der Waals surface area contributed by atoms with Gasteiger partial charge in [-0.1, -0.05) is 0 Å². The van der Waals surface area contributed by atoms with Gasteiger partial charge in [0, 0.05) is 0 Å². The van der Waals surface area contributed by atoms with Crippen molar-refractivity contribution in [1.82, 2.24) is 0 Å². The standard InChI is InChI=1S/C10H8.C5H5.Fe.Ti/c1-2-6-9(5-1)10-7-3-4-8-10;1-2-4-5-3-1;;/h1-3,5-7H,4H2;1-5H;;. The van der Waals surface area contributed by atoms with Gasteiger partial charge in [0.05, 0.1) is 0 Å². The van der Waals surface area contributed by atoms with Gasteiger partial charge in [0.1, 0.15) is 0 Å². The molecular weight excluding hydrogens is 284 g/mol. The Balaban J connectivity index is 1.65. The van der Waals surface area contributed by atoms with Gasteiger partial charge in [-0.2, -0.15) is 0 Å². The van der Waals surface area contributed by atoms with Gasteiger partial charge in [0.15, 0.2) is 0 Å². The van der Waals surface area contributed by atoms with Gasteiger partial charge in [0.25, 0.3) is 0 Å². The molecule has 4 unspecified atom stereocenters. The van der Waals surface area contributed by atoms with Crippen LogP contribution in [0, 0.1) is 0 Å². The third-order valence-corrected chi connectivity index (χ3v) is 59.1. The minimum atomic E-state index is -2.79. The van der Waals surface area contributed by atoms with E-state index in [0.717, 1.165) is 4.31 Å². The van der Waals surface area contributed by atoms with Crippen molar-refractivity contribution in [1.29, 1.82) is 0 Å². The predicted molar refractivity (Wildman–Crippen MR) is 57.2 cm³/mol. The average molecular weight is 297 g/mol. The predicted octanol–water partition coefficient (Wildman–Crippen LogP) is 4.51. The van der Waals surface area contributed by atoms with Crippen LogP contribution in [-0.4, -0.2) is 0 Å². The van der Waals surface area contributed by atoms with Crippen molar-refractivity contribution in [2.24, 2.45) is 0 Å². The summed E-state index contributed by atoms with van der Waals surface area (Å²) >= 11 is 2.47. The molecule has 85 valence electrons. The summed E-state index contributed by atoms with van der Waals surface area (Å²) in [6.07, 6.45) is 6.45. The molecule has 4 atom stereocenters. The molecule has 17 heavy (non-hydrogen) atoms. The molecule has 10 aliphatic heterocycles. The van der Waals surface area contributed by atoms with E-state index in [-0.39, 0.29) is 0 Å². The molecule has 10 fully saturated rings. The molecule has 10 heterocycles. The van der Waals surface area contributed by atoms with Crippen LogP contribution >= 0.6 is 0 Å². The summed E-state index contributed by atoms with van der Waals surface area (Å²) in [4.78, 5) is 13.4. The monoisotopic (exact) mass is 297 g/mol. The molecule has 0 N–H and O–H groups in total. The summed E-state index contributed by atoms with van der Waals surface area (Å²) in [5.74, 6) is 0. The molecular formula is C15H13FeTi. The molecule has 0 aromatic rings. The van der Waals surface area contributed by atoms with Crippen molar-refractivity contribution in [3.63, 3.8) is 0 Å². The van der Waals surface area contributed by atoms with Gasteiger partial charge in [-0.3, -0.25) is 0 Å². The maximum atomic E-state index is 2.64. The number of hydrogen-bond acceptors (Lipinski definition) is 0. The topological polar surface area (TPSA) is 0 Å². The van der Waals surface area contributed by atoms with E-state index in [4.69, 9.17) is 0 Å². The molecule has 0 saturated carbocycles. The third kappa shape index (κ3) is 0.0686. The Labute approximate surface area is 102 Å². The van der Waals surface area contributed by atoms with Crippen molar-refractivity contribution < 1.29 is 26.9 Å². The molecule has 0 amide bonds. The third-order valence-electron chi connectivity index (χ3n) is 16.0. The van der Waals surface area contributed by atoms with Crippen molar-refractivity contribution in [3.8, 4) is 0 Å². The molecule has 0 bridgehead atoms. The first-order valence-electron chi connectivity index (χ1n) is 7.39. The van der Waals surface area contributed by atoms with E-state index in [1.165, 1.54) is 49.8 Å². The van der Waals surface area contributed by atoms with Crippen molar-refractivity contribution in [2.45, 2.75) is 54.1 Å². The zero-order chi connectivity index (χ0) is 10.3. The summed E-state index contributed by atoms with van der Waals surface area (Å²) in [6.45, 7) is -2.79. The van der Waals surface area contributed by atoms with Crippen LogP contribution in [-0.2, 0) is 26.9 Å². The first-order valence-corrected chi connectivity index (χ1v) is 14.5. The van der Waals surface area contributed by atoms with Crippen molar-refractivity contribution >= 4 is 0 Å². The Hall–Kier alpha value is 0.714. The van der Waals surface area contributed by atoms with Crippen LogP contribution in [0.1, 0.15) is 6.42 Å².